The third kappa shape index (κ3) is 1.41. The third-order valence-corrected chi connectivity index (χ3v) is 1.76. The molecule has 0 saturated carbocycles. The van der Waals surface area contributed by atoms with Gasteiger partial charge in [0.2, 0.25) is 0 Å². The molecule has 0 aromatic carbocycles. The summed E-state index contributed by atoms with van der Waals surface area (Å²) in [7, 11) is 3.67. The quantitative estimate of drug-likeness (QED) is 0.530. The Bertz CT molecular complexity index is 77.1. The summed E-state index contributed by atoms with van der Waals surface area (Å²) in [6.45, 7) is 1.75. The van der Waals surface area contributed by atoms with Gasteiger partial charge in [-0.2, -0.15) is 0 Å². The van der Waals surface area contributed by atoms with Gasteiger partial charge in [0.05, 0.1) is 6.10 Å². The van der Waals surface area contributed by atoms with Gasteiger partial charge in [0, 0.05) is 26.2 Å². The molecule has 53 valence electrons. The molecule has 2 atom stereocenters. The van der Waals surface area contributed by atoms with Crippen LogP contribution in [0.3, 0.4) is 0 Å². The fourth-order valence-corrected chi connectivity index (χ4v) is 1.10. The number of hydrogen-bond acceptors (Lipinski definition) is 2. The maximum absolute atomic E-state index is 5.16. The maximum atomic E-state index is 5.16. The number of ether oxygens (including phenoxy) is 1. The van der Waals surface area contributed by atoms with E-state index in [0.29, 0.717) is 12.1 Å². The lowest BCUT2D eigenvalue weighted by molar-refractivity contribution is 0.0986. The molecule has 1 heterocycles. The molecule has 0 spiro atoms. The molecule has 1 N–H and O–H groups in total. The summed E-state index contributed by atoms with van der Waals surface area (Å²) in [4.78, 5) is 0. The first-order valence-electron chi connectivity index (χ1n) is 3.21. The van der Waals surface area contributed by atoms with Crippen molar-refractivity contribution >= 4 is 0 Å². The first-order chi connectivity index (χ1) is 4.38. The van der Waals surface area contributed by atoms with E-state index in [4.69, 9.17) is 4.74 Å². The van der Waals surface area contributed by atoms with Gasteiger partial charge in [0.15, 0.2) is 0 Å². The Balaban J connectivity index is 2.32. The summed E-state index contributed by atoms with van der Waals surface area (Å²) >= 11 is 0. The first kappa shape index (κ1) is 6.99. The van der Waals surface area contributed by atoms with Crippen molar-refractivity contribution in [3.05, 3.63) is 0 Å². The van der Waals surface area contributed by atoms with Crippen molar-refractivity contribution in [3.63, 3.8) is 0 Å². The minimum atomic E-state index is 0.301. The van der Waals surface area contributed by atoms with Crippen molar-refractivity contribution in [2.75, 3.05) is 27.2 Å². The molecule has 1 fully saturated rings. The van der Waals surface area contributed by atoms with E-state index < -0.39 is 0 Å². The molecule has 1 saturated heterocycles. The molecular formula is C6H13N2O. The zero-order chi connectivity index (χ0) is 6.69. The molecule has 0 aliphatic carbocycles. The minimum absolute atomic E-state index is 0.301. The summed E-state index contributed by atoms with van der Waals surface area (Å²) in [6, 6.07) is 0.440. The molecule has 1 aliphatic rings. The zero-order valence-electron chi connectivity index (χ0n) is 5.92. The molecule has 1 radical (unpaired) electrons. The number of nitrogens with one attached hydrogen (secondary N) is 1. The van der Waals surface area contributed by atoms with Crippen molar-refractivity contribution in [1.29, 1.82) is 0 Å². The highest BCUT2D eigenvalue weighted by Crippen LogP contribution is 2.03. The van der Waals surface area contributed by atoms with Crippen LogP contribution in [0.2, 0.25) is 0 Å². The fraction of sp³-hybridized carbons (Fsp3) is 1.00. The van der Waals surface area contributed by atoms with Crippen LogP contribution in [0.4, 0.5) is 0 Å². The number of nitrogens with zero attached hydrogens (tertiary/aromatic N) is 1. The number of likely N-dealkylation sites (N-methyl/N-ethyl adjacent to an activating group) is 1. The number of hydrogen-bond donors (Lipinski definition) is 1. The maximum Gasteiger partial charge on any atom is 0.0877 e. The zero-order valence-corrected chi connectivity index (χ0v) is 5.92. The van der Waals surface area contributed by atoms with Gasteiger partial charge in [0.1, 0.15) is 0 Å². The van der Waals surface area contributed by atoms with Gasteiger partial charge < -0.3 is 10.1 Å². The van der Waals surface area contributed by atoms with Crippen LogP contribution in [0, 0.1) is 0 Å². The Morgan fingerprint density at radius 3 is 2.78 bits per heavy atom. The number of rotatable bonds is 2. The van der Waals surface area contributed by atoms with Crippen molar-refractivity contribution in [1.82, 2.24) is 10.6 Å². The third-order valence-electron chi connectivity index (χ3n) is 1.76. The van der Waals surface area contributed by atoms with E-state index in [-0.39, 0.29) is 0 Å². The second kappa shape index (κ2) is 3.15. The normalized spacial score (nSPS) is 35.3. The Kier molecular flexibility index (Phi) is 2.45. The molecule has 0 bridgehead atoms. The van der Waals surface area contributed by atoms with E-state index >= 15 is 0 Å². The van der Waals surface area contributed by atoms with Crippen molar-refractivity contribution < 1.29 is 4.74 Å². The monoisotopic (exact) mass is 129 g/mol. The molecule has 0 amide bonds. The highest BCUT2D eigenvalue weighted by Gasteiger charge is 2.25. The lowest BCUT2D eigenvalue weighted by Gasteiger charge is -2.14. The molecular weight excluding hydrogens is 116 g/mol. The average molecular weight is 129 g/mol. The topological polar surface area (TPSA) is 35.4 Å². The van der Waals surface area contributed by atoms with Crippen molar-refractivity contribution in [2.24, 2.45) is 0 Å². The molecule has 3 heteroatoms. The van der Waals surface area contributed by atoms with Crippen LogP contribution < -0.4 is 10.6 Å². The van der Waals surface area contributed by atoms with E-state index in [2.05, 4.69) is 10.6 Å². The van der Waals surface area contributed by atoms with E-state index in [1.807, 2.05) is 7.05 Å². The van der Waals surface area contributed by atoms with Crippen LogP contribution in [0.1, 0.15) is 0 Å². The van der Waals surface area contributed by atoms with Gasteiger partial charge in [-0.25, -0.2) is 5.32 Å². The summed E-state index contributed by atoms with van der Waals surface area (Å²) in [6.07, 6.45) is 0.301. The van der Waals surface area contributed by atoms with E-state index in [1.54, 1.807) is 7.11 Å². The van der Waals surface area contributed by atoms with Crippen LogP contribution in [0.5, 0.6) is 0 Å². The highest BCUT2D eigenvalue weighted by atomic mass is 16.5. The van der Waals surface area contributed by atoms with E-state index in [1.165, 1.54) is 0 Å². The second-order valence-corrected chi connectivity index (χ2v) is 2.26. The van der Waals surface area contributed by atoms with Gasteiger partial charge >= 0.3 is 0 Å². The lowest BCUT2D eigenvalue weighted by atomic mass is 10.2. The summed E-state index contributed by atoms with van der Waals surface area (Å²) in [5, 5.41) is 7.35. The Hall–Kier alpha value is -0.120. The van der Waals surface area contributed by atoms with Crippen molar-refractivity contribution in [2.45, 2.75) is 12.1 Å². The Morgan fingerprint density at radius 1 is 1.56 bits per heavy atom. The minimum Gasteiger partial charge on any atom is -0.378 e. The van der Waals surface area contributed by atoms with Gasteiger partial charge in [-0.1, -0.05) is 0 Å². The van der Waals surface area contributed by atoms with E-state index in [9.17, 15) is 0 Å². The molecule has 0 aromatic rings. The fourth-order valence-electron chi connectivity index (χ4n) is 1.10. The van der Waals surface area contributed by atoms with Gasteiger partial charge in [-0.3, -0.25) is 0 Å². The predicted molar refractivity (Wildman–Crippen MR) is 35.5 cm³/mol. The number of methoxy groups -OCH3 is 1. The summed E-state index contributed by atoms with van der Waals surface area (Å²) < 4.78 is 5.16. The Labute approximate surface area is 55.8 Å². The molecule has 1 aliphatic heterocycles. The van der Waals surface area contributed by atoms with Crippen LogP contribution in [-0.2, 0) is 4.74 Å². The molecule has 9 heavy (non-hydrogen) atoms. The average Bonchev–Trinajstić information content (AvgIpc) is 2.33. The second-order valence-electron chi connectivity index (χ2n) is 2.26. The van der Waals surface area contributed by atoms with Crippen LogP contribution in [0.15, 0.2) is 0 Å². The van der Waals surface area contributed by atoms with Crippen LogP contribution in [0.25, 0.3) is 0 Å². The molecule has 2 unspecified atom stereocenters. The lowest BCUT2D eigenvalue weighted by Crippen LogP contribution is -2.37. The molecule has 1 rings (SSSR count). The van der Waals surface area contributed by atoms with Gasteiger partial charge in [-0.05, 0) is 7.05 Å². The van der Waals surface area contributed by atoms with Crippen molar-refractivity contribution in [3.8, 4) is 0 Å². The van der Waals surface area contributed by atoms with Crippen LogP contribution >= 0.6 is 0 Å². The summed E-state index contributed by atoms with van der Waals surface area (Å²) in [5.74, 6) is 0. The van der Waals surface area contributed by atoms with Gasteiger partial charge in [-0.15, -0.1) is 0 Å². The highest BCUT2D eigenvalue weighted by molar-refractivity contribution is 4.85. The molecule has 0 aromatic heterocycles. The standard InChI is InChI=1S/C6H13N2O/c1-7-5-3-8-4-6(5)9-2/h5-7H,3-4H2,1-2H3. The van der Waals surface area contributed by atoms with Crippen LogP contribution in [-0.4, -0.2) is 39.4 Å². The summed E-state index contributed by atoms with van der Waals surface area (Å²) in [5.41, 5.74) is 0. The largest absolute Gasteiger partial charge is 0.378 e. The Morgan fingerprint density at radius 2 is 2.33 bits per heavy atom. The molecule has 3 nitrogen and oxygen atoms in total. The SMILES string of the molecule is CNC1C[N]CC1OC. The first-order valence-corrected chi connectivity index (χ1v) is 3.21. The predicted octanol–water partition coefficient (Wildman–Crippen LogP) is -0.793. The van der Waals surface area contributed by atoms with E-state index in [0.717, 1.165) is 13.1 Å². The van der Waals surface area contributed by atoms with Gasteiger partial charge in [0.25, 0.3) is 0 Å². The smallest absolute Gasteiger partial charge is 0.0877 e.